The van der Waals surface area contributed by atoms with E-state index < -0.39 is 5.41 Å². The fourth-order valence-corrected chi connectivity index (χ4v) is 3.77. The molecule has 1 unspecified atom stereocenters. The minimum atomic E-state index is -0.432. The number of carbonyl (C=O) groups is 1. The van der Waals surface area contributed by atoms with Crippen molar-refractivity contribution in [1.29, 1.82) is 0 Å². The molecular formula is C21H24O2. The van der Waals surface area contributed by atoms with Gasteiger partial charge in [0.05, 0.1) is 12.0 Å². The van der Waals surface area contributed by atoms with E-state index in [4.69, 9.17) is 4.74 Å². The van der Waals surface area contributed by atoms with Crippen LogP contribution in [0.5, 0.6) is 0 Å². The molecule has 2 nitrogen and oxygen atoms in total. The van der Waals surface area contributed by atoms with E-state index in [1.165, 1.54) is 11.1 Å². The van der Waals surface area contributed by atoms with E-state index in [-0.39, 0.29) is 5.97 Å². The Morgan fingerprint density at radius 2 is 1.48 bits per heavy atom. The highest BCUT2D eigenvalue weighted by atomic mass is 16.5. The van der Waals surface area contributed by atoms with E-state index in [1.54, 1.807) is 0 Å². The van der Waals surface area contributed by atoms with Gasteiger partial charge >= 0.3 is 5.97 Å². The summed E-state index contributed by atoms with van der Waals surface area (Å²) >= 11 is 0. The predicted molar refractivity (Wildman–Crippen MR) is 92.1 cm³/mol. The molecule has 1 fully saturated rings. The highest BCUT2D eigenvalue weighted by Gasteiger charge is 2.51. The molecule has 0 N–H and O–H groups in total. The summed E-state index contributed by atoms with van der Waals surface area (Å²) in [5, 5.41) is 0. The first-order valence-corrected chi connectivity index (χ1v) is 8.49. The minimum absolute atomic E-state index is 0.0244. The molecule has 2 aromatic carbocycles. The number of ether oxygens (including phenoxy) is 1. The van der Waals surface area contributed by atoms with Crippen molar-refractivity contribution in [3.8, 4) is 0 Å². The molecule has 1 aliphatic rings. The van der Waals surface area contributed by atoms with E-state index in [0.717, 1.165) is 25.7 Å². The summed E-state index contributed by atoms with van der Waals surface area (Å²) < 4.78 is 5.54. The molecule has 0 radical (unpaired) electrons. The lowest BCUT2D eigenvalue weighted by Crippen LogP contribution is -2.38. The van der Waals surface area contributed by atoms with Gasteiger partial charge in [-0.3, -0.25) is 4.79 Å². The SMILES string of the molecule is CCCC1COC(=O)C1(Cc1ccccc1)Cc1ccccc1. The molecule has 0 aromatic heterocycles. The van der Waals surface area contributed by atoms with Crippen LogP contribution in [0.15, 0.2) is 60.7 Å². The first kappa shape index (κ1) is 15.8. The molecule has 120 valence electrons. The van der Waals surface area contributed by atoms with Crippen LogP contribution >= 0.6 is 0 Å². The highest BCUT2D eigenvalue weighted by molar-refractivity contribution is 5.80. The van der Waals surface area contributed by atoms with Crippen molar-refractivity contribution >= 4 is 5.97 Å². The maximum absolute atomic E-state index is 12.8. The van der Waals surface area contributed by atoms with Crippen LogP contribution in [0.1, 0.15) is 30.9 Å². The molecule has 1 atom stereocenters. The summed E-state index contributed by atoms with van der Waals surface area (Å²) in [6.07, 6.45) is 3.62. The third-order valence-electron chi connectivity index (χ3n) is 4.97. The number of benzene rings is 2. The second-order valence-corrected chi connectivity index (χ2v) is 6.56. The van der Waals surface area contributed by atoms with Crippen molar-refractivity contribution in [2.75, 3.05) is 6.61 Å². The molecule has 0 aliphatic carbocycles. The molecule has 1 saturated heterocycles. The van der Waals surface area contributed by atoms with E-state index in [1.807, 2.05) is 36.4 Å². The average Bonchev–Trinajstić information content (AvgIpc) is 2.86. The monoisotopic (exact) mass is 308 g/mol. The van der Waals surface area contributed by atoms with Gasteiger partial charge in [-0.05, 0) is 30.4 Å². The fraction of sp³-hybridized carbons (Fsp3) is 0.381. The number of rotatable bonds is 6. The normalized spacial score (nSPS) is 19.5. The van der Waals surface area contributed by atoms with Crippen molar-refractivity contribution in [2.45, 2.75) is 32.6 Å². The van der Waals surface area contributed by atoms with Gasteiger partial charge < -0.3 is 4.74 Å². The van der Waals surface area contributed by atoms with Crippen LogP contribution in [0.2, 0.25) is 0 Å². The maximum atomic E-state index is 12.8. The first-order valence-electron chi connectivity index (χ1n) is 8.49. The van der Waals surface area contributed by atoms with Crippen molar-refractivity contribution in [3.05, 3.63) is 71.8 Å². The first-order chi connectivity index (χ1) is 11.2. The smallest absolute Gasteiger partial charge is 0.313 e. The second-order valence-electron chi connectivity index (χ2n) is 6.56. The number of carbonyl (C=O) groups excluding carboxylic acids is 1. The van der Waals surface area contributed by atoms with E-state index in [9.17, 15) is 4.79 Å². The Hall–Kier alpha value is -2.09. The van der Waals surface area contributed by atoms with Crippen LogP contribution in [-0.2, 0) is 22.4 Å². The molecule has 0 bridgehead atoms. The molecule has 2 heteroatoms. The van der Waals surface area contributed by atoms with Gasteiger partial charge in [-0.25, -0.2) is 0 Å². The lowest BCUT2D eigenvalue weighted by Gasteiger charge is -2.31. The van der Waals surface area contributed by atoms with Gasteiger partial charge in [-0.2, -0.15) is 0 Å². The zero-order chi connectivity index (χ0) is 16.1. The predicted octanol–water partition coefficient (Wildman–Crippen LogP) is 4.43. The van der Waals surface area contributed by atoms with Crippen molar-refractivity contribution in [1.82, 2.24) is 0 Å². The Balaban J connectivity index is 1.96. The molecule has 3 rings (SSSR count). The summed E-state index contributed by atoms with van der Waals surface area (Å²) in [7, 11) is 0. The van der Waals surface area contributed by atoms with Gasteiger partial charge in [0, 0.05) is 5.92 Å². The van der Waals surface area contributed by atoms with Gasteiger partial charge in [-0.1, -0.05) is 74.0 Å². The Kier molecular flexibility index (Phi) is 4.80. The summed E-state index contributed by atoms with van der Waals surface area (Å²) in [4.78, 5) is 12.8. The Labute approximate surface area is 138 Å². The average molecular weight is 308 g/mol. The van der Waals surface area contributed by atoms with E-state index >= 15 is 0 Å². The molecule has 2 aromatic rings. The van der Waals surface area contributed by atoms with Crippen LogP contribution in [0.4, 0.5) is 0 Å². The molecule has 1 heterocycles. The molecule has 23 heavy (non-hydrogen) atoms. The molecular weight excluding hydrogens is 284 g/mol. The maximum Gasteiger partial charge on any atom is 0.313 e. The number of cyclic esters (lactones) is 1. The van der Waals surface area contributed by atoms with Gasteiger partial charge in [-0.15, -0.1) is 0 Å². The lowest BCUT2D eigenvalue weighted by molar-refractivity contribution is -0.146. The van der Waals surface area contributed by atoms with Gasteiger partial charge in [0.15, 0.2) is 0 Å². The van der Waals surface area contributed by atoms with Crippen LogP contribution < -0.4 is 0 Å². The van der Waals surface area contributed by atoms with Crippen LogP contribution in [-0.4, -0.2) is 12.6 Å². The second kappa shape index (κ2) is 6.99. The van der Waals surface area contributed by atoms with E-state index in [0.29, 0.717) is 12.5 Å². The Morgan fingerprint density at radius 1 is 0.957 bits per heavy atom. The molecule has 0 spiro atoms. The van der Waals surface area contributed by atoms with Crippen LogP contribution in [0, 0.1) is 11.3 Å². The number of hydrogen-bond acceptors (Lipinski definition) is 2. The Bertz CT molecular complexity index is 592. The van der Waals surface area contributed by atoms with Crippen molar-refractivity contribution in [3.63, 3.8) is 0 Å². The van der Waals surface area contributed by atoms with Crippen LogP contribution in [0.3, 0.4) is 0 Å². The fourth-order valence-electron chi connectivity index (χ4n) is 3.77. The molecule has 1 aliphatic heterocycles. The number of hydrogen-bond donors (Lipinski definition) is 0. The third kappa shape index (κ3) is 3.31. The van der Waals surface area contributed by atoms with Crippen LogP contribution in [0.25, 0.3) is 0 Å². The molecule has 0 saturated carbocycles. The third-order valence-corrected chi connectivity index (χ3v) is 4.97. The lowest BCUT2D eigenvalue weighted by atomic mass is 9.68. The quantitative estimate of drug-likeness (QED) is 0.738. The summed E-state index contributed by atoms with van der Waals surface area (Å²) in [5.41, 5.74) is 1.99. The van der Waals surface area contributed by atoms with Gasteiger partial charge in [0.1, 0.15) is 0 Å². The van der Waals surface area contributed by atoms with Crippen molar-refractivity contribution < 1.29 is 9.53 Å². The topological polar surface area (TPSA) is 26.3 Å². The standard InChI is InChI=1S/C21H24O2/c1-2-9-19-16-23-20(22)21(19,14-17-10-5-3-6-11-17)15-18-12-7-4-8-13-18/h3-8,10-13,19H,2,9,14-16H2,1H3. The Morgan fingerprint density at radius 3 is 1.96 bits per heavy atom. The molecule has 0 amide bonds. The summed E-state index contributed by atoms with van der Waals surface area (Å²) in [6, 6.07) is 20.7. The largest absolute Gasteiger partial charge is 0.465 e. The zero-order valence-corrected chi connectivity index (χ0v) is 13.7. The van der Waals surface area contributed by atoms with Gasteiger partial charge in [0.2, 0.25) is 0 Å². The van der Waals surface area contributed by atoms with Crippen molar-refractivity contribution in [2.24, 2.45) is 11.3 Å². The van der Waals surface area contributed by atoms with Gasteiger partial charge in [0.25, 0.3) is 0 Å². The summed E-state index contributed by atoms with van der Waals surface area (Å²) in [6.45, 7) is 2.74. The number of esters is 1. The highest BCUT2D eigenvalue weighted by Crippen LogP contribution is 2.44. The zero-order valence-electron chi connectivity index (χ0n) is 13.7. The summed E-state index contributed by atoms with van der Waals surface area (Å²) in [5.74, 6) is 0.268. The van der Waals surface area contributed by atoms with E-state index in [2.05, 4.69) is 31.2 Å². The minimum Gasteiger partial charge on any atom is -0.465 e.